The lowest BCUT2D eigenvalue weighted by Gasteiger charge is -2.32. The zero-order chi connectivity index (χ0) is 18.0. The Labute approximate surface area is 148 Å². The van der Waals surface area contributed by atoms with E-state index in [0.717, 1.165) is 38.9 Å². The number of urea groups is 1. The summed E-state index contributed by atoms with van der Waals surface area (Å²) in [5.41, 5.74) is 0.513. The maximum atomic E-state index is 12.2. The smallest absolute Gasteiger partial charge is 0.325 e. The van der Waals surface area contributed by atoms with Crippen molar-refractivity contribution in [1.29, 1.82) is 0 Å². The fourth-order valence-electron chi connectivity index (χ4n) is 3.71. The van der Waals surface area contributed by atoms with Crippen molar-refractivity contribution >= 4 is 11.9 Å². The Balaban J connectivity index is 1.42. The molecule has 0 aromatic heterocycles. The molecule has 25 heavy (non-hydrogen) atoms. The van der Waals surface area contributed by atoms with Gasteiger partial charge >= 0.3 is 6.03 Å². The van der Waals surface area contributed by atoms with Crippen LogP contribution < -0.4 is 5.32 Å². The van der Waals surface area contributed by atoms with Gasteiger partial charge in [0, 0.05) is 6.54 Å². The number of rotatable bonds is 5. The molecule has 1 aromatic rings. The predicted molar refractivity (Wildman–Crippen MR) is 95.5 cm³/mol. The van der Waals surface area contributed by atoms with Gasteiger partial charge in [-0.2, -0.15) is 0 Å². The van der Waals surface area contributed by atoms with Crippen LogP contribution >= 0.6 is 0 Å². The number of benzene rings is 1. The van der Waals surface area contributed by atoms with Crippen LogP contribution in [-0.2, 0) is 4.79 Å². The summed E-state index contributed by atoms with van der Waals surface area (Å²) in [4.78, 5) is 27.8. The lowest BCUT2D eigenvalue weighted by atomic mass is 9.89. The second-order valence-corrected chi connectivity index (χ2v) is 7.57. The first-order valence-corrected chi connectivity index (χ1v) is 9.02. The molecule has 1 aromatic carbocycles. The largest absolute Gasteiger partial charge is 0.508 e. The van der Waals surface area contributed by atoms with Gasteiger partial charge < -0.3 is 15.3 Å². The topological polar surface area (TPSA) is 72.9 Å². The van der Waals surface area contributed by atoms with E-state index in [4.69, 9.17) is 0 Å². The van der Waals surface area contributed by atoms with Crippen LogP contribution in [0.15, 0.2) is 24.3 Å². The van der Waals surface area contributed by atoms with Crippen molar-refractivity contribution in [1.82, 2.24) is 15.1 Å². The molecule has 0 bridgehead atoms. The molecule has 2 fully saturated rings. The lowest BCUT2D eigenvalue weighted by Crippen LogP contribution is -2.40. The van der Waals surface area contributed by atoms with Gasteiger partial charge in [-0.25, -0.2) is 4.79 Å². The summed E-state index contributed by atoms with van der Waals surface area (Å²) in [6.45, 7) is 6.91. The first kappa shape index (κ1) is 17.7. The van der Waals surface area contributed by atoms with E-state index in [1.165, 1.54) is 10.5 Å². The van der Waals surface area contributed by atoms with Gasteiger partial charge in [0.1, 0.15) is 11.3 Å². The van der Waals surface area contributed by atoms with Crippen LogP contribution in [0.5, 0.6) is 5.75 Å². The molecule has 2 aliphatic heterocycles. The third-order valence-electron chi connectivity index (χ3n) is 5.25. The summed E-state index contributed by atoms with van der Waals surface area (Å²) >= 11 is 0. The van der Waals surface area contributed by atoms with E-state index in [0.29, 0.717) is 18.2 Å². The van der Waals surface area contributed by atoms with Gasteiger partial charge in [0.25, 0.3) is 5.91 Å². The molecule has 0 aliphatic carbocycles. The summed E-state index contributed by atoms with van der Waals surface area (Å²) in [5, 5.41) is 12.1. The number of hydrogen-bond acceptors (Lipinski definition) is 4. The van der Waals surface area contributed by atoms with Crippen LogP contribution in [0.2, 0.25) is 0 Å². The molecular formula is C19H27N3O3. The van der Waals surface area contributed by atoms with E-state index in [1.54, 1.807) is 26.0 Å². The SMILES string of the molecule is CC1(C)NC(=O)N(CCCN2CCC(c3ccc(O)cc3)CC2)C1=O. The molecule has 0 radical (unpaired) electrons. The maximum absolute atomic E-state index is 12.2. The molecule has 2 heterocycles. The van der Waals surface area contributed by atoms with Crippen molar-refractivity contribution in [2.45, 2.75) is 44.6 Å². The number of carbonyl (C=O) groups excluding carboxylic acids is 2. The highest BCUT2D eigenvalue weighted by Crippen LogP contribution is 2.29. The third-order valence-corrected chi connectivity index (χ3v) is 5.25. The van der Waals surface area contributed by atoms with Gasteiger partial charge in [0.15, 0.2) is 0 Å². The highest BCUT2D eigenvalue weighted by molar-refractivity contribution is 6.06. The third kappa shape index (κ3) is 3.95. The maximum Gasteiger partial charge on any atom is 0.325 e. The zero-order valence-electron chi connectivity index (χ0n) is 15.0. The van der Waals surface area contributed by atoms with E-state index >= 15 is 0 Å². The molecule has 2 aliphatic rings. The number of carbonyl (C=O) groups is 2. The summed E-state index contributed by atoms with van der Waals surface area (Å²) in [6, 6.07) is 7.24. The summed E-state index contributed by atoms with van der Waals surface area (Å²) in [6.07, 6.45) is 3.00. The van der Waals surface area contributed by atoms with Gasteiger partial charge in [-0.05, 0) is 76.4 Å². The van der Waals surface area contributed by atoms with Crippen molar-refractivity contribution in [3.8, 4) is 5.75 Å². The van der Waals surface area contributed by atoms with Gasteiger partial charge in [-0.1, -0.05) is 12.1 Å². The molecule has 0 atom stereocenters. The van der Waals surface area contributed by atoms with E-state index in [1.807, 2.05) is 12.1 Å². The Morgan fingerprint density at radius 1 is 1.12 bits per heavy atom. The van der Waals surface area contributed by atoms with Gasteiger partial charge in [-0.15, -0.1) is 0 Å². The Bertz CT molecular complexity index is 634. The van der Waals surface area contributed by atoms with Crippen LogP contribution in [0, 0.1) is 0 Å². The molecule has 3 amide bonds. The lowest BCUT2D eigenvalue weighted by molar-refractivity contribution is -0.130. The second kappa shape index (κ2) is 7.04. The Kier molecular flexibility index (Phi) is 4.99. The quantitative estimate of drug-likeness (QED) is 0.803. The highest BCUT2D eigenvalue weighted by atomic mass is 16.3. The van der Waals surface area contributed by atoms with E-state index in [-0.39, 0.29) is 11.9 Å². The summed E-state index contributed by atoms with van der Waals surface area (Å²) < 4.78 is 0. The number of nitrogens with one attached hydrogen (secondary N) is 1. The molecule has 0 saturated carbocycles. The molecule has 0 spiro atoms. The van der Waals surface area contributed by atoms with Crippen molar-refractivity contribution < 1.29 is 14.7 Å². The number of hydrogen-bond donors (Lipinski definition) is 2. The minimum Gasteiger partial charge on any atom is -0.508 e. The summed E-state index contributed by atoms with van der Waals surface area (Å²) in [7, 11) is 0. The molecule has 0 unspecified atom stereocenters. The zero-order valence-corrected chi connectivity index (χ0v) is 15.0. The van der Waals surface area contributed by atoms with Crippen LogP contribution in [0.25, 0.3) is 0 Å². The van der Waals surface area contributed by atoms with Crippen molar-refractivity contribution in [3.05, 3.63) is 29.8 Å². The van der Waals surface area contributed by atoms with Gasteiger partial charge in [-0.3, -0.25) is 9.69 Å². The fourth-order valence-corrected chi connectivity index (χ4v) is 3.71. The number of phenolic OH excluding ortho intramolecular Hbond substituents is 1. The number of nitrogens with zero attached hydrogens (tertiary/aromatic N) is 2. The Hall–Kier alpha value is -2.08. The van der Waals surface area contributed by atoms with E-state index in [9.17, 15) is 14.7 Å². The van der Waals surface area contributed by atoms with Crippen LogP contribution in [0.1, 0.15) is 44.6 Å². The minimum absolute atomic E-state index is 0.136. The number of likely N-dealkylation sites (tertiary alicyclic amines) is 1. The number of piperidine rings is 1. The average Bonchev–Trinajstić information content (AvgIpc) is 2.78. The van der Waals surface area contributed by atoms with Crippen LogP contribution in [0.3, 0.4) is 0 Å². The van der Waals surface area contributed by atoms with Crippen LogP contribution in [-0.4, -0.2) is 58.6 Å². The monoisotopic (exact) mass is 345 g/mol. The number of phenols is 1. The Morgan fingerprint density at radius 2 is 1.76 bits per heavy atom. The van der Waals surface area contributed by atoms with E-state index in [2.05, 4.69) is 10.2 Å². The predicted octanol–water partition coefficient (Wildman–Crippen LogP) is 2.29. The molecule has 2 saturated heterocycles. The normalized spacial score (nSPS) is 21.6. The fraction of sp³-hybridized carbons (Fsp3) is 0.579. The number of amides is 3. The summed E-state index contributed by atoms with van der Waals surface area (Å²) in [5.74, 6) is 0.719. The molecular weight excluding hydrogens is 318 g/mol. The first-order valence-electron chi connectivity index (χ1n) is 9.02. The van der Waals surface area contributed by atoms with Crippen molar-refractivity contribution in [2.24, 2.45) is 0 Å². The van der Waals surface area contributed by atoms with Gasteiger partial charge in [0.05, 0.1) is 0 Å². The number of imide groups is 1. The average molecular weight is 345 g/mol. The molecule has 3 rings (SSSR count). The van der Waals surface area contributed by atoms with Crippen molar-refractivity contribution in [3.63, 3.8) is 0 Å². The minimum atomic E-state index is -0.778. The first-order chi connectivity index (χ1) is 11.9. The van der Waals surface area contributed by atoms with Crippen molar-refractivity contribution in [2.75, 3.05) is 26.2 Å². The Morgan fingerprint density at radius 3 is 2.32 bits per heavy atom. The molecule has 6 nitrogen and oxygen atoms in total. The molecule has 136 valence electrons. The second-order valence-electron chi connectivity index (χ2n) is 7.57. The van der Waals surface area contributed by atoms with E-state index < -0.39 is 5.54 Å². The molecule has 2 N–H and O–H groups in total. The highest BCUT2D eigenvalue weighted by Gasteiger charge is 2.43. The number of aromatic hydroxyl groups is 1. The molecule has 6 heteroatoms. The van der Waals surface area contributed by atoms with Crippen LogP contribution in [0.4, 0.5) is 4.79 Å². The van der Waals surface area contributed by atoms with Gasteiger partial charge in [0.2, 0.25) is 0 Å². The standard InChI is InChI=1S/C19H27N3O3/c1-19(2)17(24)22(18(25)20-19)11-3-10-21-12-8-15(9-13-21)14-4-6-16(23)7-5-14/h4-7,15,23H,3,8-13H2,1-2H3,(H,20,25).